The quantitative estimate of drug-likeness (QED) is 0.191. The van der Waals surface area contributed by atoms with Crippen LogP contribution in [0.2, 0.25) is 10.0 Å². The Morgan fingerprint density at radius 3 is 2.14 bits per heavy atom. The van der Waals surface area contributed by atoms with E-state index in [0.717, 1.165) is 21.0 Å². The summed E-state index contributed by atoms with van der Waals surface area (Å²) in [7, 11) is -2.67. The van der Waals surface area contributed by atoms with Crippen molar-refractivity contribution in [2.24, 2.45) is 0 Å². The van der Waals surface area contributed by atoms with E-state index in [1.54, 1.807) is 42.5 Å². The van der Waals surface area contributed by atoms with Crippen LogP contribution < -0.4 is 9.62 Å². The zero-order valence-corrected chi connectivity index (χ0v) is 27.2. The second-order valence-corrected chi connectivity index (χ2v) is 13.1. The summed E-state index contributed by atoms with van der Waals surface area (Å²) >= 11 is 12.5. The van der Waals surface area contributed by atoms with Gasteiger partial charge in [0.1, 0.15) is 12.6 Å². The minimum absolute atomic E-state index is 0.00547. The van der Waals surface area contributed by atoms with Crippen molar-refractivity contribution in [2.45, 2.75) is 44.2 Å². The van der Waals surface area contributed by atoms with Crippen molar-refractivity contribution in [2.75, 3.05) is 17.9 Å². The van der Waals surface area contributed by atoms with Crippen LogP contribution in [0.1, 0.15) is 29.2 Å². The molecule has 0 aliphatic heterocycles. The molecule has 1 unspecified atom stereocenters. The molecule has 1 atom stereocenters. The fourth-order valence-corrected chi connectivity index (χ4v) is 6.73. The number of aryl methyl sites for hydroxylation is 2. The smallest absolute Gasteiger partial charge is 0.264 e. The van der Waals surface area contributed by atoms with Crippen molar-refractivity contribution in [1.29, 1.82) is 0 Å². The van der Waals surface area contributed by atoms with E-state index in [2.05, 4.69) is 5.32 Å². The average molecular weight is 653 g/mol. The molecule has 4 aromatic carbocycles. The molecular weight excluding hydrogens is 617 g/mol. The number of likely N-dealkylation sites (N-methyl/N-ethyl adjacent to an activating group) is 1. The molecule has 4 rings (SSSR count). The van der Waals surface area contributed by atoms with Crippen LogP contribution in [-0.2, 0) is 39.0 Å². The highest BCUT2D eigenvalue weighted by Gasteiger charge is 2.35. The Morgan fingerprint density at radius 2 is 1.50 bits per heavy atom. The van der Waals surface area contributed by atoms with Crippen molar-refractivity contribution in [3.8, 4) is 0 Å². The van der Waals surface area contributed by atoms with Crippen LogP contribution in [0, 0.1) is 6.92 Å². The first kappa shape index (κ1) is 33.1. The fraction of sp³-hybridized carbons (Fsp3) is 0.235. The van der Waals surface area contributed by atoms with Gasteiger partial charge >= 0.3 is 0 Å². The number of nitrogens with one attached hydrogen (secondary N) is 1. The summed E-state index contributed by atoms with van der Waals surface area (Å²) < 4.78 is 29.6. The number of hydrogen-bond donors (Lipinski definition) is 1. The van der Waals surface area contributed by atoms with Gasteiger partial charge in [-0.25, -0.2) is 8.42 Å². The van der Waals surface area contributed by atoms with Crippen molar-refractivity contribution in [3.63, 3.8) is 0 Å². The topological polar surface area (TPSA) is 86.8 Å². The standard InChI is InChI=1S/C34H35Cl2N3O4S/c1-4-27-12-8-9-13-31(27)39(44(42,43)28-17-14-24(2)15-18-28)23-33(40)38(22-26-16-19-29(35)30(36)20-26)32(34(41)37-3)21-25-10-6-5-7-11-25/h5-20,32H,4,21-23H2,1-3H3,(H,37,41). The third-order valence-electron chi connectivity index (χ3n) is 7.38. The van der Waals surface area contributed by atoms with Crippen LogP contribution in [0.25, 0.3) is 0 Å². The van der Waals surface area contributed by atoms with Crippen LogP contribution in [0.5, 0.6) is 0 Å². The number of sulfonamides is 1. The van der Waals surface area contributed by atoms with E-state index in [9.17, 15) is 18.0 Å². The molecule has 0 spiro atoms. The lowest BCUT2D eigenvalue weighted by molar-refractivity contribution is -0.139. The summed E-state index contributed by atoms with van der Waals surface area (Å²) in [5.74, 6) is -0.939. The Balaban J connectivity index is 1.82. The largest absolute Gasteiger partial charge is 0.357 e. The predicted molar refractivity (Wildman–Crippen MR) is 177 cm³/mol. The molecule has 0 aromatic heterocycles. The number of para-hydroxylation sites is 1. The summed E-state index contributed by atoms with van der Waals surface area (Å²) in [5.41, 5.74) is 3.55. The molecule has 0 bridgehead atoms. The number of rotatable bonds is 12. The number of carbonyl (C=O) groups is 2. The first-order valence-electron chi connectivity index (χ1n) is 14.2. The van der Waals surface area contributed by atoms with Gasteiger partial charge in [0.05, 0.1) is 20.6 Å². The van der Waals surface area contributed by atoms with Gasteiger partial charge in [-0.1, -0.05) is 102 Å². The molecule has 0 heterocycles. The molecular formula is C34H35Cl2N3O4S. The van der Waals surface area contributed by atoms with Gasteiger partial charge in [-0.2, -0.15) is 0 Å². The van der Waals surface area contributed by atoms with Crippen molar-refractivity contribution >= 4 is 50.7 Å². The molecule has 44 heavy (non-hydrogen) atoms. The second kappa shape index (κ2) is 14.8. The maximum absolute atomic E-state index is 14.4. The Labute approximate surface area is 269 Å². The number of halogens is 2. The number of hydrogen-bond acceptors (Lipinski definition) is 4. The molecule has 4 aromatic rings. The lowest BCUT2D eigenvalue weighted by Gasteiger charge is -2.34. The van der Waals surface area contributed by atoms with Gasteiger partial charge in [-0.05, 0) is 60.4 Å². The summed E-state index contributed by atoms with van der Waals surface area (Å²) in [6.07, 6.45) is 0.760. The fourth-order valence-electron chi connectivity index (χ4n) is 4.96. The maximum atomic E-state index is 14.4. The summed E-state index contributed by atoms with van der Waals surface area (Å²) in [6.45, 7) is 3.26. The van der Waals surface area contributed by atoms with Crippen LogP contribution in [0.4, 0.5) is 5.69 Å². The number of carbonyl (C=O) groups excluding carboxylic acids is 2. The van der Waals surface area contributed by atoms with Crippen LogP contribution >= 0.6 is 23.2 Å². The van der Waals surface area contributed by atoms with Gasteiger partial charge < -0.3 is 10.2 Å². The highest BCUT2D eigenvalue weighted by molar-refractivity contribution is 7.92. The molecule has 0 aliphatic rings. The Morgan fingerprint density at radius 1 is 0.841 bits per heavy atom. The van der Waals surface area contributed by atoms with Crippen LogP contribution in [0.3, 0.4) is 0 Å². The molecule has 0 fully saturated rings. The van der Waals surface area contributed by atoms with Gasteiger partial charge in [0.15, 0.2) is 0 Å². The van der Waals surface area contributed by atoms with Gasteiger partial charge in [-0.3, -0.25) is 13.9 Å². The molecule has 0 saturated carbocycles. The van der Waals surface area contributed by atoms with E-state index in [4.69, 9.17) is 23.2 Å². The van der Waals surface area contributed by atoms with Gasteiger partial charge in [0, 0.05) is 20.0 Å². The predicted octanol–water partition coefficient (Wildman–Crippen LogP) is 6.45. The van der Waals surface area contributed by atoms with Crippen LogP contribution in [0.15, 0.2) is 102 Å². The molecule has 7 nitrogen and oxygen atoms in total. The number of anilines is 1. The minimum Gasteiger partial charge on any atom is -0.357 e. The first-order chi connectivity index (χ1) is 21.0. The van der Waals surface area contributed by atoms with E-state index in [-0.39, 0.29) is 23.8 Å². The van der Waals surface area contributed by atoms with Crippen molar-refractivity contribution < 1.29 is 18.0 Å². The Hall–Kier alpha value is -3.85. The average Bonchev–Trinajstić information content (AvgIpc) is 3.03. The lowest BCUT2D eigenvalue weighted by Crippen LogP contribution is -2.53. The first-order valence-corrected chi connectivity index (χ1v) is 16.4. The summed E-state index contributed by atoms with van der Waals surface area (Å²) in [5, 5.41) is 3.34. The number of benzene rings is 4. The van der Waals surface area contributed by atoms with Gasteiger partial charge in [0.25, 0.3) is 10.0 Å². The Kier molecular flexibility index (Phi) is 11.1. The van der Waals surface area contributed by atoms with E-state index in [0.29, 0.717) is 27.7 Å². The zero-order valence-electron chi connectivity index (χ0n) is 24.8. The highest BCUT2D eigenvalue weighted by Crippen LogP contribution is 2.29. The monoisotopic (exact) mass is 651 g/mol. The summed E-state index contributed by atoms with van der Waals surface area (Å²) in [6, 6.07) is 27.0. The molecule has 0 saturated heterocycles. The zero-order chi connectivity index (χ0) is 31.9. The van der Waals surface area contributed by atoms with Gasteiger partial charge in [-0.15, -0.1) is 0 Å². The lowest BCUT2D eigenvalue weighted by atomic mass is 10.0. The van der Waals surface area contributed by atoms with E-state index in [1.165, 1.54) is 24.1 Å². The highest BCUT2D eigenvalue weighted by atomic mass is 35.5. The number of amides is 2. The normalized spacial score (nSPS) is 11.9. The molecule has 230 valence electrons. The minimum atomic E-state index is -4.18. The van der Waals surface area contributed by atoms with E-state index in [1.807, 2.05) is 56.3 Å². The third-order valence-corrected chi connectivity index (χ3v) is 9.90. The van der Waals surface area contributed by atoms with E-state index < -0.39 is 28.5 Å². The van der Waals surface area contributed by atoms with Crippen molar-refractivity contribution in [3.05, 3.63) is 129 Å². The molecule has 10 heteroatoms. The molecule has 2 amide bonds. The molecule has 0 radical (unpaired) electrons. The SMILES string of the molecule is CCc1ccccc1N(CC(=O)N(Cc1ccc(Cl)c(Cl)c1)C(Cc1ccccc1)C(=O)NC)S(=O)(=O)c1ccc(C)cc1. The van der Waals surface area contributed by atoms with Crippen molar-refractivity contribution in [1.82, 2.24) is 10.2 Å². The third kappa shape index (κ3) is 7.80. The molecule has 0 aliphatic carbocycles. The van der Waals surface area contributed by atoms with Gasteiger partial charge in [0.2, 0.25) is 11.8 Å². The maximum Gasteiger partial charge on any atom is 0.264 e. The summed E-state index contributed by atoms with van der Waals surface area (Å²) in [4.78, 5) is 29.3. The second-order valence-electron chi connectivity index (χ2n) is 10.4. The van der Waals surface area contributed by atoms with Crippen LogP contribution in [-0.4, -0.2) is 44.8 Å². The number of nitrogens with zero attached hydrogens (tertiary/aromatic N) is 2. The van der Waals surface area contributed by atoms with E-state index >= 15 is 0 Å². The Bertz CT molecular complexity index is 1710. The molecule has 1 N–H and O–H groups in total.